The van der Waals surface area contributed by atoms with Crippen molar-refractivity contribution in [2.24, 2.45) is 0 Å². The van der Waals surface area contributed by atoms with E-state index < -0.39 is 5.91 Å². The third kappa shape index (κ3) is 2.26. The third-order valence-electron chi connectivity index (χ3n) is 2.53. The number of carbonyl (C=O) groups excluding carboxylic acids is 1. The van der Waals surface area contributed by atoms with Gasteiger partial charge in [0, 0.05) is 13.6 Å². The van der Waals surface area contributed by atoms with E-state index >= 15 is 0 Å². The molecule has 86 valence electrons. The summed E-state index contributed by atoms with van der Waals surface area (Å²) in [5.74, 6) is 0.324. The lowest BCUT2D eigenvalue weighted by Gasteiger charge is -2.12. The zero-order valence-corrected chi connectivity index (χ0v) is 9.69. The molecule has 0 spiro atoms. The minimum Gasteiger partial charge on any atom is -0.342 e. The van der Waals surface area contributed by atoms with Crippen LogP contribution in [0, 0.1) is 18.3 Å². The van der Waals surface area contributed by atoms with Crippen molar-refractivity contribution < 1.29 is 4.79 Å². The van der Waals surface area contributed by atoms with Crippen molar-refractivity contribution in [2.45, 2.75) is 13.5 Å². The maximum Gasteiger partial charge on any atom is 0.325 e. The van der Waals surface area contributed by atoms with Crippen LogP contribution in [0.5, 0.6) is 0 Å². The molecule has 5 nitrogen and oxygen atoms in total. The molecule has 0 fully saturated rings. The van der Waals surface area contributed by atoms with Gasteiger partial charge in [-0.2, -0.15) is 5.26 Å². The molecule has 0 radical (unpaired) electrons. The van der Waals surface area contributed by atoms with E-state index in [1.807, 2.05) is 25.1 Å². The number of fused-ring (bicyclic) bond motifs is 1. The lowest BCUT2D eigenvalue weighted by Crippen LogP contribution is -2.24. The number of rotatable bonds is 2. The monoisotopic (exact) mass is 228 g/mol. The first-order valence-electron chi connectivity index (χ1n) is 5.20. The van der Waals surface area contributed by atoms with E-state index in [-0.39, 0.29) is 0 Å². The molecule has 0 aliphatic rings. The Bertz CT molecular complexity index is 608. The summed E-state index contributed by atoms with van der Waals surface area (Å²) >= 11 is 0. The summed E-state index contributed by atoms with van der Waals surface area (Å²) in [5, 5.41) is 8.50. The van der Waals surface area contributed by atoms with E-state index in [1.54, 1.807) is 13.1 Å². The van der Waals surface area contributed by atoms with E-state index in [0.717, 1.165) is 22.4 Å². The molecule has 1 aromatic carbocycles. The van der Waals surface area contributed by atoms with E-state index in [0.29, 0.717) is 6.54 Å². The summed E-state index contributed by atoms with van der Waals surface area (Å²) in [6, 6.07) is 7.34. The topological polar surface area (TPSA) is 72.8 Å². The molecule has 2 aromatic rings. The number of amides is 1. The molecule has 0 unspecified atom stereocenters. The Balaban J connectivity index is 2.25. The summed E-state index contributed by atoms with van der Waals surface area (Å²) < 4.78 is 0. The van der Waals surface area contributed by atoms with Crippen LogP contribution in [0.25, 0.3) is 11.0 Å². The minimum absolute atomic E-state index is 0.417. The Morgan fingerprint density at radius 2 is 2.35 bits per heavy atom. The van der Waals surface area contributed by atoms with Gasteiger partial charge in [-0.15, -0.1) is 0 Å². The summed E-state index contributed by atoms with van der Waals surface area (Å²) in [6.07, 6.45) is 0. The molecular weight excluding hydrogens is 216 g/mol. The van der Waals surface area contributed by atoms with Crippen LogP contribution in [-0.4, -0.2) is 27.8 Å². The molecule has 0 aliphatic carbocycles. The first kappa shape index (κ1) is 11.1. The van der Waals surface area contributed by atoms with E-state index in [4.69, 9.17) is 5.26 Å². The van der Waals surface area contributed by atoms with Crippen LogP contribution in [0.4, 0.5) is 0 Å². The standard InChI is InChI=1S/C12H12N4O/c1-8-14-10-4-3-9(5-11(10)15-8)7-16(2)12(17)6-13/h3-5H,7H2,1-2H3,(H,14,15). The lowest BCUT2D eigenvalue weighted by atomic mass is 10.2. The Morgan fingerprint density at radius 3 is 3.06 bits per heavy atom. The molecule has 0 saturated carbocycles. The number of carbonyl (C=O) groups is 1. The van der Waals surface area contributed by atoms with Gasteiger partial charge in [0.05, 0.1) is 11.0 Å². The second-order valence-corrected chi connectivity index (χ2v) is 3.95. The van der Waals surface area contributed by atoms with Crippen molar-refractivity contribution in [3.8, 4) is 6.07 Å². The molecule has 2 rings (SSSR count). The molecule has 17 heavy (non-hydrogen) atoms. The Hall–Kier alpha value is -2.35. The third-order valence-corrected chi connectivity index (χ3v) is 2.53. The van der Waals surface area contributed by atoms with Crippen LogP contribution in [0.3, 0.4) is 0 Å². The first-order chi connectivity index (χ1) is 8.10. The van der Waals surface area contributed by atoms with Crippen molar-refractivity contribution in [3.63, 3.8) is 0 Å². The number of hydrogen-bond acceptors (Lipinski definition) is 3. The predicted octanol–water partition coefficient (Wildman–Crippen LogP) is 1.35. The average molecular weight is 228 g/mol. The molecule has 0 aliphatic heterocycles. The smallest absolute Gasteiger partial charge is 0.325 e. The number of hydrogen-bond donors (Lipinski definition) is 1. The van der Waals surface area contributed by atoms with Crippen molar-refractivity contribution in [2.75, 3.05) is 7.05 Å². The zero-order valence-electron chi connectivity index (χ0n) is 9.69. The number of nitrogens with zero attached hydrogens (tertiary/aromatic N) is 3. The Morgan fingerprint density at radius 1 is 1.59 bits per heavy atom. The molecule has 1 aromatic heterocycles. The van der Waals surface area contributed by atoms with Crippen LogP contribution >= 0.6 is 0 Å². The lowest BCUT2D eigenvalue weighted by molar-refractivity contribution is -0.124. The van der Waals surface area contributed by atoms with Crippen LogP contribution in [0.2, 0.25) is 0 Å². The van der Waals surface area contributed by atoms with Crippen LogP contribution in [-0.2, 0) is 11.3 Å². The van der Waals surface area contributed by atoms with Crippen LogP contribution < -0.4 is 0 Å². The second-order valence-electron chi connectivity index (χ2n) is 3.95. The Kier molecular flexibility index (Phi) is 2.79. The number of aryl methyl sites for hydroxylation is 1. The fourth-order valence-electron chi connectivity index (χ4n) is 1.71. The average Bonchev–Trinajstić information content (AvgIpc) is 2.67. The highest BCUT2D eigenvalue weighted by Crippen LogP contribution is 2.14. The van der Waals surface area contributed by atoms with Gasteiger partial charge >= 0.3 is 5.91 Å². The molecule has 5 heteroatoms. The number of aromatic amines is 1. The number of benzene rings is 1. The number of imidazole rings is 1. The SMILES string of the molecule is Cc1nc2ccc(CN(C)C(=O)C#N)cc2[nH]1. The number of H-pyrrole nitrogens is 1. The molecular formula is C12H12N4O. The zero-order chi connectivity index (χ0) is 12.4. The molecule has 0 atom stereocenters. The highest BCUT2D eigenvalue weighted by Gasteiger charge is 2.08. The van der Waals surface area contributed by atoms with Gasteiger partial charge in [0.15, 0.2) is 6.07 Å². The maximum absolute atomic E-state index is 11.1. The fourth-order valence-corrected chi connectivity index (χ4v) is 1.71. The van der Waals surface area contributed by atoms with Crippen LogP contribution in [0.1, 0.15) is 11.4 Å². The molecule has 0 bridgehead atoms. The van der Waals surface area contributed by atoms with Crippen molar-refractivity contribution >= 4 is 16.9 Å². The Labute approximate surface area is 98.7 Å². The van der Waals surface area contributed by atoms with E-state index in [9.17, 15) is 4.79 Å². The molecule has 1 N–H and O–H groups in total. The van der Waals surface area contributed by atoms with Crippen LogP contribution in [0.15, 0.2) is 18.2 Å². The van der Waals surface area contributed by atoms with Gasteiger partial charge in [-0.3, -0.25) is 4.79 Å². The fraction of sp³-hybridized carbons (Fsp3) is 0.250. The normalized spacial score (nSPS) is 10.2. The summed E-state index contributed by atoms with van der Waals surface area (Å²) in [4.78, 5) is 19.9. The van der Waals surface area contributed by atoms with E-state index in [1.165, 1.54) is 4.90 Å². The van der Waals surface area contributed by atoms with E-state index in [2.05, 4.69) is 9.97 Å². The molecule has 1 heterocycles. The number of nitrogens with one attached hydrogen (secondary N) is 1. The maximum atomic E-state index is 11.1. The highest BCUT2D eigenvalue weighted by atomic mass is 16.2. The second kappa shape index (κ2) is 4.26. The summed E-state index contributed by atoms with van der Waals surface area (Å²) in [6.45, 7) is 2.31. The largest absolute Gasteiger partial charge is 0.342 e. The molecule has 0 saturated heterocycles. The van der Waals surface area contributed by atoms with Gasteiger partial charge in [0.1, 0.15) is 5.82 Å². The van der Waals surface area contributed by atoms with Gasteiger partial charge in [-0.05, 0) is 24.6 Å². The summed E-state index contributed by atoms with van der Waals surface area (Å²) in [7, 11) is 1.61. The summed E-state index contributed by atoms with van der Waals surface area (Å²) in [5.41, 5.74) is 2.81. The van der Waals surface area contributed by atoms with Crippen molar-refractivity contribution in [1.29, 1.82) is 5.26 Å². The minimum atomic E-state index is -0.536. The van der Waals surface area contributed by atoms with Gasteiger partial charge in [-0.25, -0.2) is 4.98 Å². The predicted molar refractivity (Wildman–Crippen MR) is 62.9 cm³/mol. The molecule has 1 amide bonds. The van der Waals surface area contributed by atoms with Gasteiger partial charge in [0.2, 0.25) is 0 Å². The van der Waals surface area contributed by atoms with Gasteiger partial charge < -0.3 is 9.88 Å². The number of nitriles is 1. The van der Waals surface area contributed by atoms with Gasteiger partial charge in [0.25, 0.3) is 0 Å². The van der Waals surface area contributed by atoms with Crippen molar-refractivity contribution in [3.05, 3.63) is 29.6 Å². The first-order valence-corrected chi connectivity index (χ1v) is 5.20. The quantitative estimate of drug-likeness (QED) is 0.788. The highest BCUT2D eigenvalue weighted by molar-refractivity contribution is 5.91. The van der Waals surface area contributed by atoms with Crippen molar-refractivity contribution in [1.82, 2.24) is 14.9 Å². The number of aromatic nitrogens is 2. The van der Waals surface area contributed by atoms with Gasteiger partial charge in [-0.1, -0.05) is 6.07 Å².